The number of aliphatic carboxylic acids is 1. The number of ether oxygens (including phenoxy) is 1. The van der Waals surface area contributed by atoms with Gasteiger partial charge in [-0.15, -0.1) is 0 Å². The van der Waals surface area contributed by atoms with Crippen LogP contribution in [0.15, 0.2) is 22.9 Å². The maximum Gasteiger partial charge on any atom is 0.426 e. The Morgan fingerprint density at radius 2 is 2.18 bits per heavy atom. The van der Waals surface area contributed by atoms with Crippen LogP contribution in [0, 0.1) is 0 Å². The molecule has 1 heterocycles. The normalized spacial score (nSPS) is 13.2. The number of nitrogens with zero attached hydrogens (tertiary/aromatic N) is 1. The lowest BCUT2D eigenvalue weighted by Crippen LogP contribution is -2.36. The molecule has 0 saturated heterocycles. The molecule has 0 bridgehead atoms. The highest BCUT2D eigenvalue weighted by Gasteiger charge is 2.43. The molecule has 0 radical (unpaired) electrons. The maximum atomic E-state index is 12.4. The summed E-state index contributed by atoms with van der Waals surface area (Å²) in [4.78, 5) is 13.9. The quantitative estimate of drug-likeness (QED) is 0.928. The largest absolute Gasteiger partial charge is 0.481 e. The Hall–Kier alpha value is -1.31. The van der Waals surface area contributed by atoms with E-state index in [0.29, 0.717) is 4.47 Å². The number of halogens is 4. The van der Waals surface area contributed by atoms with Gasteiger partial charge in [-0.2, -0.15) is 13.2 Å². The lowest BCUT2D eigenvalue weighted by Gasteiger charge is -2.19. The molecule has 0 fully saturated rings. The smallest absolute Gasteiger partial charge is 0.426 e. The lowest BCUT2D eigenvalue weighted by atomic mass is 10.2. The molecule has 1 aromatic heterocycles. The first-order valence-corrected chi connectivity index (χ1v) is 5.14. The zero-order valence-corrected chi connectivity index (χ0v) is 9.83. The summed E-state index contributed by atoms with van der Waals surface area (Å²) in [7, 11) is 0. The van der Waals surface area contributed by atoms with Gasteiger partial charge in [0.2, 0.25) is 6.10 Å². The second-order valence-electron chi connectivity index (χ2n) is 3.08. The van der Waals surface area contributed by atoms with Gasteiger partial charge in [0, 0.05) is 10.7 Å². The number of carboxylic acid groups (broad SMARTS) is 1. The highest BCUT2D eigenvalue weighted by atomic mass is 79.9. The van der Waals surface area contributed by atoms with Gasteiger partial charge in [0.25, 0.3) is 0 Å². The summed E-state index contributed by atoms with van der Waals surface area (Å²) in [6.45, 7) is 0. The lowest BCUT2D eigenvalue weighted by molar-refractivity contribution is -0.200. The van der Waals surface area contributed by atoms with Crippen molar-refractivity contribution in [2.45, 2.75) is 18.7 Å². The predicted molar refractivity (Wildman–Crippen MR) is 54.7 cm³/mol. The number of carbonyl (C=O) groups is 1. The third-order valence-corrected chi connectivity index (χ3v) is 2.12. The summed E-state index contributed by atoms with van der Waals surface area (Å²) >= 11 is 3.01. The molecule has 4 nitrogen and oxygen atoms in total. The molecule has 1 unspecified atom stereocenters. The van der Waals surface area contributed by atoms with Crippen LogP contribution in [0.1, 0.15) is 6.42 Å². The van der Waals surface area contributed by atoms with Crippen molar-refractivity contribution >= 4 is 21.9 Å². The molecule has 1 aromatic rings. The average molecular weight is 314 g/mol. The average Bonchev–Trinajstić information content (AvgIpc) is 2.14. The van der Waals surface area contributed by atoms with Gasteiger partial charge >= 0.3 is 12.1 Å². The molecule has 17 heavy (non-hydrogen) atoms. The summed E-state index contributed by atoms with van der Waals surface area (Å²) in [5.41, 5.74) is 0. The molecule has 0 aliphatic carbocycles. The Balaban J connectivity index is 2.83. The van der Waals surface area contributed by atoms with Gasteiger partial charge in [0.1, 0.15) is 5.75 Å². The fourth-order valence-electron chi connectivity index (χ4n) is 1.00. The van der Waals surface area contributed by atoms with Crippen LogP contribution in [-0.4, -0.2) is 28.3 Å². The van der Waals surface area contributed by atoms with Crippen molar-refractivity contribution in [3.05, 3.63) is 22.9 Å². The van der Waals surface area contributed by atoms with Gasteiger partial charge < -0.3 is 9.84 Å². The number of hydrogen-bond acceptors (Lipinski definition) is 3. The second-order valence-corrected chi connectivity index (χ2v) is 4.00. The van der Waals surface area contributed by atoms with Gasteiger partial charge in [-0.25, -0.2) is 0 Å². The molecule has 0 saturated carbocycles. The molecule has 0 aromatic carbocycles. The Labute approximate surface area is 103 Å². The zero-order valence-electron chi connectivity index (χ0n) is 8.24. The number of aromatic nitrogens is 1. The van der Waals surface area contributed by atoms with Crippen molar-refractivity contribution in [2.75, 3.05) is 0 Å². The molecule has 0 aliphatic rings. The van der Waals surface area contributed by atoms with Crippen LogP contribution in [0.2, 0.25) is 0 Å². The second kappa shape index (κ2) is 5.35. The van der Waals surface area contributed by atoms with E-state index in [1.807, 2.05) is 0 Å². The third-order valence-electron chi connectivity index (χ3n) is 1.68. The highest BCUT2D eigenvalue weighted by molar-refractivity contribution is 9.10. The highest BCUT2D eigenvalue weighted by Crippen LogP contribution is 2.28. The number of hydrogen-bond donors (Lipinski definition) is 1. The molecule has 1 N–H and O–H groups in total. The van der Waals surface area contributed by atoms with Crippen LogP contribution < -0.4 is 4.74 Å². The Morgan fingerprint density at radius 3 is 2.65 bits per heavy atom. The van der Waals surface area contributed by atoms with E-state index in [1.165, 1.54) is 12.3 Å². The first kappa shape index (κ1) is 13.8. The fourth-order valence-corrected chi connectivity index (χ4v) is 1.35. The minimum atomic E-state index is -4.75. The molecule has 0 spiro atoms. The number of rotatable bonds is 4. The van der Waals surface area contributed by atoms with Crippen molar-refractivity contribution < 1.29 is 27.8 Å². The molecule has 0 amide bonds. The zero-order chi connectivity index (χ0) is 13.1. The SMILES string of the molecule is O=C(O)CC(Oc1cncc(Br)c1)C(F)(F)F. The van der Waals surface area contributed by atoms with Crippen molar-refractivity contribution in [2.24, 2.45) is 0 Å². The van der Waals surface area contributed by atoms with E-state index >= 15 is 0 Å². The predicted octanol–water partition coefficient (Wildman–Crippen LogP) is 2.63. The minimum absolute atomic E-state index is 0.150. The van der Waals surface area contributed by atoms with Gasteiger partial charge in [0.05, 0.1) is 12.6 Å². The van der Waals surface area contributed by atoms with E-state index < -0.39 is 24.7 Å². The van der Waals surface area contributed by atoms with Crippen molar-refractivity contribution in [3.8, 4) is 5.75 Å². The standard InChI is InChI=1S/C9H7BrF3NO3/c10-5-1-6(4-14-3-5)17-7(2-8(15)16)9(11,12)13/h1,3-4,7H,2H2,(H,15,16). The molecular formula is C9H7BrF3NO3. The third kappa shape index (κ3) is 4.59. The summed E-state index contributed by atoms with van der Waals surface area (Å²) in [5.74, 6) is -1.74. The van der Waals surface area contributed by atoms with E-state index in [1.54, 1.807) is 0 Å². The fraction of sp³-hybridized carbons (Fsp3) is 0.333. The van der Waals surface area contributed by atoms with E-state index in [0.717, 1.165) is 6.20 Å². The Bertz CT molecular complexity index is 411. The number of alkyl halides is 3. The van der Waals surface area contributed by atoms with Crippen LogP contribution in [0.5, 0.6) is 5.75 Å². The maximum absolute atomic E-state index is 12.4. The van der Waals surface area contributed by atoms with Crippen LogP contribution >= 0.6 is 15.9 Å². The van der Waals surface area contributed by atoms with E-state index in [2.05, 4.69) is 25.7 Å². The van der Waals surface area contributed by atoms with Gasteiger partial charge in [-0.05, 0) is 22.0 Å². The monoisotopic (exact) mass is 313 g/mol. The molecule has 8 heteroatoms. The molecule has 0 aliphatic heterocycles. The summed E-state index contributed by atoms with van der Waals surface area (Å²) in [6, 6.07) is 1.27. The van der Waals surface area contributed by atoms with Gasteiger partial charge in [-0.1, -0.05) is 0 Å². The summed E-state index contributed by atoms with van der Waals surface area (Å²) in [6.07, 6.45) is -5.86. The molecule has 1 rings (SSSR count). The van der Waals surface area contributed by atoms with Crippen LogP contribution in [-0.2, 0) is 4.79 Å². The number of carboxylic acids is 1. The first-order valence-electron chi connectivity index (χ1n) is 4.35. The van der Waals surface area contributed by atoms with Crippen molar-refractivity contribution in [3.63, 3.8) is 0 Å². The Kier molecular flexibility index (Phi) is 4.33. The topological polar surface area (TPSA) is 59.4 Å². The van der Waals surface area contributed by atoms with E-state index in [9.17, 15) is 18.0 Å². The summed E-state index contributed by atoms with van der Waals surface area (Å²) in [5, 5.41) is 8.37. The van der Waals surface area contributed by atoms with E-state index in [4.69, 9.17) is 5.11 Å². The van der Waals surface area contributed by atoms with E-state index in [-0.39, 0.29) is 5.75 Å². The van der Waals surface area contributed by atoms with Gasteiger partial charge in [-0.3, -0.25) is 9.78 Å². The Morgan fingerprint density at radius 1 is 1.53 bits per heavy atom. The van der Waals surface area contributed by atoms with Crippen LogP contribution in [0.3, 0.4) is 0 Å². The van der Waals surface area contributed by atoms with Gasteiger partial charge in [0.15, 0.2) is 0 Å². The molecule has 1 atom stereocenters. The van der Waals surface area contributed by atoms with Crippen molar-refractivity contribution in [1.29, 1.82) is 0 Å². The molecular weight excluding hydrogens is 307 g/mol. The molecule has 94 valence electrons. The minimum Gasteiger partial charge on any atom is -0.481 e. The number of pyridine rings is 1. The van der Waals surface area contributed by atoms with Crippen LogP contribution in [0.4, 0.5) is 13.2 Å². The van der Waals surface area contributed by atoms with Crippen molar-refractivity contribution in [1.82, 2.24) is 4.98 Å². The summed E-state index contributed by atoms with van der Waals surface area (Å²) < 4.78 is 42.3. The first-order chi connectivity index (χ1) is 7.79. The van der Waals surface area contributed by atoms with Crippen LogP contribution in [0.25, 0.3) is 0 Å².